The summed E-state index contributed by atoms with van der Waals surface area (Å²) in [7, 11) is 2.18. The summed E-state index contributed by atoms with van der Waals surface area (Å²) in [5.41, 5.74) is 3.07. The lowest BCUT2D eigenvalue weighted by Crippen LogP contribution is -2.33. The standard InChI is InChI=1S/C15H24N2/c1-3-17(2)12-11-16-15-10-6-8-13-7-4-5-9-14(13)15/h4-5,7,9,15-16H,3,6,8,10-12H2,1-2H3. The summed E-state index contributed by atoms with van der Waals surface area (Å²) < 4.78 is 0. The van der Waals surface area contributed by atoms with Crippen LogP contribution in [0.3, 0.4) is 0 Å². The van der Waals surface area contributed by atoms with E-state index >= 15 is 0 Å². The predicted molar refractivity (Wildman–Crippen MR) is 73.3 cm³/mol. The van der Waals surface area contributed by atoms with Gasteiger partial charge < -0.3 is 10.2 Å². The maximum atomic E-state index is 3.70. The van der Waals surface area contributed by atoms with E-state index in [-0.39, 0.29) is 0 Å². The highest BCUT2D eigenvalue weighted by molar-refractivity contribution is 5.32. The van der Waals surface area contributed by atoms with Crippen LogP contribution in [-0.2, 0) is 6.42 Å². The van der Waals surface area contributed by atoms with Crippen molar-refractivity contribution in [1.29, 1.82) is 0 Å². The molecule has 0 aromatic heterocycles. The van der Waals surface area contributed by atoms with E-state index < -0.39 is 0 Å². The molecule has 2 rings (SSSR count). The van der Waals surface area contributed by atoms with Crippen molar-refractivity contribution in [3.8, 4) is 0 Å². The van der Waals surface area contributed by atoms with Crippen LogP contribution in [0.4, 0.5) is 0 Å². The van der Waals surface area contributed by atoms with Crippen LogP contribution >= 0.6 is 0 Å². The molecular formula is C15H24N2. The zero-order valence-corrected chi connectivity index (χ0v) is 11.1. The van der Waals surface area contributed by atoms with E-state index in [1.807, 2.05) is 0 Å². The predicted octanol–water partition coefficient (Wildman–Crippen LogP) is 2.61. The Bertz CT molecular complexity index is 349. The zero-order valence-electron chi connectivity index (χ0n) is 11.1. The van der Waals surface area contributed by atoms with Gasteiger partial charge >= 0.3 is 0 Å². The number of aryl methyl sites for hydroxylation is 1. The Morgan fingerprint density at radius 1 is 1.35 bits per heavy atom. The van der Waals surface area contributed by atoms with Gasteiger partial charge in [-0.05, 0) is 44.0 Å². The topological polar surface area (TPSA) is 15.3 Å². The lowest BCUT2D eigenvalue weighted by atomic mass is 9.88. The number of fused-ring (bicyclic) bond motifs is 1. The molecule has 0 saturated heterocycles. The first-order valence-corrected chi connectivity index (χ1v) is 6.81. The average Bonchev–Trinajstić information content (AvgIpc) is 2.39. The lowest BCUT2D eigenvalue weighted by Gasteiger charge is -2.27. The minimum absolute atomic E-state index is 0.574. The van der Waals surface area contributed by atoms with Crippen molar-refractivity contribution in [2.24, 2.45) is 0 Å². The normalized spacial score (nSPS) is 19.4. The fraction of sp³-hybridized carbons (Fsp3) is 0.600. The molecular weight excluding hydrogens is 208 g/mol. The van der Waals surface area contributed by atoms with Crippen LogP contribution in [0.5, 0.6) is 0 Å². The van der Waals surface area contributed by atoms with Crippen molar-refractivity contribution in [3.05, 3.63) is 35.4 Å². The molecule has 1 aromatic rings. The zero-order chi connectivity index (χ0) is 12.1. The molecule has 1 atom stereocenters. The van der Waals surface area contributed by atoms with Crippen LogP contribution in [0.15, 0.2) is 24.3 Å². The van der Waals surface area contributed by atoms with Gasteiger partial charge in [-0.25, -0.2) is 0 Å². The molecule has 1 unspecified atom stereocenters. The molecule has 0 saturated carbocycles. The Morgan fingerprint density at radius 2 is 2.18 bits per heavy atom. The van der Waals surface area contributed by atoms with E-state index in [0.29, 0.717) is 6.04 Å². The fourth-order valence-corrected chi connectivity index (χ4v) is 2.55. The van der Waals surface area contributed by atoms with Crippen molar-refractivity contribution < 1.29 is 0 Å². The average molecular weight is 232 g/mol. The molecule has 1 N–H and O–H groups in total. The van der Waals surface area contributed by atoms with Crippen molar-refractivity contribution in [2.45, 2.75) is 32.2 Å². The van der Waals surface area contributed by atoms with E-state index in [1.54, 1.807) is 5.56 Å². The highest BCUT2D eigenvalue weighted by Crippen LogP contribution is 2.29. The summed E-state index contributed by atoms with van der Waals surface area (Å²) in [6.07, 6.45) is 3.86. The molecule has 1 aliphatic rings. The van der Waals surface area contributed by atoms with Crippen LogP contribution in [0.1, 0.15) is 36.9 Å². The molecule has 1 aliphatic carbocycles. The first-order chi connectivity index (χ1) is 8.31. The van der Waals surface area contributed by atoms with E-state index in [9.17, 15) is 0 Å². The largest absolute Gasteiger partial charge is 0.309 e. The van der Waals surface area contributed by atoms with Crippen LogP contribution < -0.4 is 5.32 Å². The van der Waals surface area contributed by atoms with Crippen LogP contribution in [0.2, 0.25) is 0 Å². The Hall–Kier alpha value is -0.860. The number of nitrogens with zero attached hydrogens (tertiary/aromatic N) is 1. The van der Waals surface area contributed by atoms with Gasteiger partial charge in [0.05, 0.1) is 0 Å². The Labute approximate surface area is 105 Å². The summed E-state index contributed by atoms with van der Waals surface area (Å²) in [6, 6.07) is 9.46. The third-order valence-corrected chi connectivity index (χ3v) is 3.79. The summed E-state index contributed by atoms with van der Waals surface area (Å²) >= 11 is 0. The smallest absolute Gasteiger partial charge is 0.0323 e. The molecule has 0 fully saturated rings. The second-order valence-corrected chi connectivity index (χ2v) is 4.99. The monoisotopic (exact) mass is 232 g/mol. The van der Waals surface area contributed by atoms with Gasteiger partial charge in [0.2, 0.25) is 0 Å². The van der Waals surface area contributed by atoms with Gasteiger partial charge in [-0.3, -0.25) is 0 Å². The molecule has 17 heavy (non-hydrogen) atoms. The van der Waals surface area contributed by atoms with Gasteiger partial charge in [-0.1, -0.05) is 31.2 Å². The van der Waals surface area contributed by atoms with Gasteiger partial charge in [0.1, 0.15) is 0 Å². The third kappa shape index (κ3) is 3.30. The van der Waals surface area contributed by atoms with E-state index in [1.165, 1.54) is 24.8 Å². The Kier molecular flexibility index (Phi) is 4.57. The molecule has 0 amide bonds. The second kappa shape index (κ2) is 6.18. The first-order valence-electron chi connectivity index (χ1n) is 6.81. The molecule has 0 aliphatic heterocycles. The molecule has 2 nitrogen and oxygen atoms in total. The maximum Gasteiger partial charge on any atom is 0.0323 e. The van der Waals surface area contributed by atoms with Crippen molar-refractivity contribution in [3.63, 3.8) is 0 Å². The lowest BCUT2D eigenvalue weighted by molar-refractivity contribution is 0.333. The molecule has 94 valence electrons. The number of nitrogens with one attached hydrogen (secondary N) is 1. The number of hydrogen-bond acceptors (Lipinski definition) is 2. The number of hydrogen-bond donors (Lipinski definition) is 1. The summed E-state index contributed by atoms with van der Waals surface area (Å²) in [5.74, 6) is 0. The first kappa shape index (κ1) is 12.6. The Morgan fingerprint density at radius 3 is 3.00 bits per heavy atom. The van der Waals surface area contributed by atoms with Gasteiger partial charge in [-0.2, -0.15) is 0 Å². The minimum Gasteiger partial charge on any atom is -0.309 e. The van der Waals surface area contributed by atoms with Crippen molar-refractivity contribution >= 4 is 0 Å². The Balaban J connectivity index is 1.90. The highest BCUT2D eigenvalue weighted by atomic mass is 15.1. The number of rotatable bonds is 5. The summed E-state index contributed by atoms with van der Waals surface area (Å²) in [6.45, 7) is 5.55. The highest BCUT2D eigenvalue weighted by Gasteiger charge is 2.18. The van der Waals surface area contributed by atoms with Crippen LogP contribution in [0, 0.1) is 0 Å². The SMILES string of the molecule is CCN(C)CCNC1CCCc2ccccc21. The molecule has 0 radical (unpaired) electrons. The van der Waals surface area contributed by atoms with Gasteiger partial charge in [0.15, 0.2) is 0 Å². The van der Waals surface area contributed by atoms with Crippen LogP contribution in [-0.4, -0.2) is 31.6 Å². The quantitative estimate of drug-likeness (QED) is 0.839. The van der Waals surface area contributed by atoms with Gasteiger partial charge in [0, 0.05) is 19.1 Å². The van der Waals surface area contributed by atoms with Gasteiger partial charge in [-0.15, -0.1) is 0 Å². The van der Waals surface area contributed by atoms with Crippen molar-refractivity contribution in [2.75, 3.05) is 26.7 Å². The number of benzene rings is 1. The van der Waals surface area contributed by atoms with Gasteiger partial charge in [0.25, 0.3) is 0 Å². The molecule has 2 heteroatoms. The number of likely N-dealkylation sites (N-methyl/N-ethyl adjacent to an activating group) is 1. The summed E-state index contributed by atoms with van der Waals surface area (Å²) in [5, 5.41) is 3.70. The van der Waals surface area contributed by atoms with E-state index in [0.717, 1.165) is 19.6 Å². The third-order valence-electron chi connectivity index (χ3n) is 3.79. The minimum atomic E-state index is 0.574. The molecule has 0 spiro atoms. The van der Waals surface area contributed by atoms with Crippen molar-refractivity contribution in [1.82, 2.24) is 10.2 Å². The summed E-state index contributed by atoms with van der Waals surface area (Å²) in [4.78, 5) is 2.35. The van der Waals surface area contributed by atoms with E-state index in [2.05, 4.69) is 48.5 Å². The van der Waals surface area contributed by atoms with Crippen LogP contribution in [0.25, 0.3) is 0 Å². The fourth-order valence-electron chi connectivity index (χ4n) is 2.55. The second-order valence-electron chi connectivity index (χ2n) is 4.99. The molecule has 1 aromatic carbocycles. The van der Waals surface area contributed by atoms with E-state index in [4.69, 9.17) is 0 Å². The maximum absolute atomic E-state index is 3.70. The molecule has 0 bridgehead atoms. The molecule has 0 heterocycles.